The van der Waals surface area contributed by atoms with Crippen LogP contribution < -0.4 is 5.32 Å². The Morgan fingerprint density at radius 2 is 1.95 bits per heavy atom. The highest BCUT2D eigenvalue weighted by atomic mass is 15.0. The molecule has 0 aliphatic carbocycles. The molecule has 0 bridgehead atoms. The fraction of sp³-hybridized carbons (Fsp3) is 0.235. The predicted octanol–water partition coefficient (Wildman–Crippen LogP) is 3.65. The highest BCUT2D eigenvalue weighted by Gasteiger charge is 2.19. The van der Waals surface area contributed by atoms with E-state index in [2.05, 4.69) is 57.7 Å². The Bertz CT molecular complexity index is 733. The number of H-pyrrole nitrogens is 1. The van der Waals surface area contributed by atoms with E-state index in [1.165, 1.54) is 29.2 Å². The second-order valence-electron chi connectivity index (χ2n) is 5.36. The van der Waals surface area contributed by atoms with Gasteiger partial charge in [-0.05, 0) is 30.2 Å². The summed E-state index contributed by atoms with van der Waals surface area (Å²) in [6.07, 6.45) is 4.36. The van der Waals surface area contributed by atoms with Gasteiger partial charge < -0.3 is 10.3 Å². The lowest BCUT2D eigenvalue weighted by atomic mass is 10.0. The van der Waals surface area contributed by atoms with Gasteiger partial charge in [0, 0.05) is 5.56 Å². The fourth-order valence-corrected chi connectivity index (χ4v) is 3.03. The highest BCUT2D eigenvalue weighted by molar-refractivity contribution is 5.95. The molecule has 3 heteroatoms. The molecule has 3 nitrogen and oxygen atoms in total. The van der Waals surface area contributed by atoms with Gasteiger partial charge in [-0.15, -0.1) is 0 Å². The SMILES string of the molecule is c1ccc2c(-c3cnc([C@@H]4CCCN4)[nH]3)cccc2c1. The number of nitrogens with zero attached hydrogens (tertiary/aromatic N) is 1. The molecule has 2 aromatic carbocycles. The van der Waals surface area contributed by atoms with Gasteiger partial charge in [-0.1, -0.05) is 42.5 Å². The first kappa shape index (κ1) is 11.7. The van der Waals surface area contributed by atoms with Crippen molar-refractivity contribution in [1.82, 2.24) is 15.3 Å². The van der Waals surface area contributed by atoms with Crippen LogP contribution in [0.1, 0.15) is 24.7 Å². The lowest BCUT2D eigenvalue weighted by Crippen LogP contribution is -2.14. The molecule has 1 aliphatic rings. The summed E-state index contributed by atoms with van der Waals surface area (Å²) < 4.78 is 0. The summed E-state index contributed by atoms with van der Waals surface area (Å²) in [7, 11) is 0. The minimum absolute atomic E-state index is 0.388. The van der Waals surface area contributed by atoms with Crippen molar-refractivity contribution in [2.75, 3.05) is 6.54 Å². The van der Waals surface area contributed by atoms with Crippen molar-refractivity contribution in [3.63, 3.8) is 0 Å². The van der Waals surface area contributed by atoms with Gasteiger partial charge in [0.25, 0.3) is 0 Å². The second-order valence-corrected chi connectivity index (χ2v) is 5.36. The Kier molecular flexibility index (Phi) is 2.78. The molecule has 3 aromatic rings. The van der Waals surface area contributed by atoms with Crippen molar-refractivity contribution >= 4 is 10.8 Å². The van der Waals surface area contributed by atoms with E-state index in [4.69, 9.17) is 0 Å². The summed E-state index contributed by atoms with van der Waals surface area (Å²) in [6.45, 7) is 1.09. The number of rotatable bonds is 2. The van der Waals surface area contributed by atoms with Gasteiger partial charge in [-0.25, -0.2) is 4.98 Å². The van der Waals surface area contributed by atoms with Crippen LogP contribution in [-0.2, 0) is 0 Å². The maximum absolute atomic E-state index is 4.56. The third-order valence-electron chi connectivity index (χ3n) is 4.07. The number of benzene rings is 2. The summed E-state index contributed by atoms with van der Waals surface area (Å²) in [5, 5.41) is 6.01. The molecule has 1 atom stereocenters. The summed E-state index contributed by atoms with van der Waals surface area (Å²) in [5.74, 6) is 1.06. The average Bonchev–Trinajstić information content (AvgIpc) is 3.17. The first-order valence-corrected chi connectivity index (χ1v) is 7.18. The van der Waals surface area contributed by atoms with E-state index in [0.717, 1.165) is 18.1 Å². The normalized spacial score (nSPS) is 18.7. The van der Waals surface area contributed by atoms with E-state index < -0.39 is 0 Å². The molecule has 1 aliphatic heterocycles. The van der Waals surface area contributed by atoms with Gasteiger partial charge in [-0.3, -0.25) is 0 Å². The van der Waals surface area contributed by atoms with Crippen LogP contribution in [0.2, 0.25) is 0 Å². The standard InChI is InChI=1S/C17H17N3/c1-2-7-13-12(5-1)6-3-8-14(13)16-11-19-17(20-16)15-9-4-10-18-15/h1-3,5-8,11,15,18H,4,9-10H2,(H,19,20)/t15-/m0/s1. The Morgan fingerprint density at radius 1 is 1.05 bits per heavy atom. The van der Waals surface area contributed by atoms with Gasteiger partial charge in [0.15, 0.2) is 0 Å². The maximum atomic E-state index is 4.56. The quantitative estimate of drug-likeness (QED) is 0.741. The summed E-state index contributed by atoms with van der Waals surface area (Å²) in [5.41, 5.74) is 2.32. The third kappa shape index (κ3) is 1.91. The van der Waals surface area contributed by atoms with Crippen molar-refractivity contribution < 1.29 is 0 Å². The van der Waals surface area contributed by atoms with Crippen LogP contribution >= 0.6 is 0 Å². The molecule has 1 fully saturated rings. The Hall–Kier alpha value is -2.13. The molecule has 0 saturated carbocycles. The van der Waals surface area contributed by atoms with Gasteiger partial charge in [0.05, 0.1) is 17.9 Å². The molecule has 4 rings (SSSR count). The topological polar surface area (TPSA) is 40.7 Å². The van der Waals surface area contributed by atoms with Crippen LogP contribution in [0.3, 0.4) is 0 Å². The Labute approximate surface area is 118 Å². The smallest absolute Gasteiger partial charge is 0.123 e. The van der Waals surface area contributed by atoms with E-state index in [1.54, 1.807) is 0 Å². The lowest BCUT2D eigenvalue weighted by Gasteiger charge is -2.06. The summed E-state index contributed by atoms with van der Waals surface area (Å²) in [4.78, 5) is 8.05. The van der Waals surface area contributed by atoms with Crippen molar-refractivity contribution in [2.24, 2.45) is 0 Å². The third-order valence-corrected chi connectivity index (χ3v) is 4.07. The molecule has 1 saturated heterocycles. The molecule has 1 aromatic heterocycles. The second kappa shape index (κ2) is 4.76. The van der Waals surface area contributed by atoms with Gasteiger partial charge >= 0.3 is 0 Å². The van der Waals surface area contributed by atoms with Crippen LogP contribution in [0.25, 0.3) is 22.0 Å². The van der Waals surface area contributed by atoms with Crippen LogP contribution in [0.5, 0.6) is 0 Å². The molecule has 2 heterocycles. The number of hydrogen-bond donors (Lipinski definition) is 2. The maximum Gasteiger partial charge on any atom is 0.123 e. The zero-order valence-electron chi connectivity index (χ0n) is 11.3. The molecule has 20 heavy (non-hydrogen) atoms. The minimum Gasteiger partial charge on any atom is -0.341 e. The molecule has 100 valence electrons. The number of nitrogens with one attached hydrogen (secondary N) is 2. The zero-order valence-corrected chi connectivity index (χ0v) is 11.3. The number of aromatic nitrogens is 2. The van der Waals surface area contributed by atoms with E-state index in [1.807, 2.05) is 6.20 Å². The van der Waals surface area contributed by atoms with Crippen molar-refractivity contribution in [1.29, 1.82) is 0 Å². The van der Waals surface area contributed by atoms with Crippen LogP contribution in [-0.4, -0.2) is 16.5 Å². The van der Waals surface area contributed by atoms with E-state index in [9.17, 15) is 0 Å². The predicted molar refractivity (Wildman–Crippen MR) is 81.5 cm³/mol. The van der Waals surface area contributed by atoms with Crippen molar-refractivity contribution in [3.05, 3.63) is 54.5 Å². The minimum atomic E-state index is 0.388. The van der Waals surface area contributed by atoms with Crippen molar-refractivity contribution in [3.8, 4) is 11.3 Å². The molecule has 0 unspecified atom stereocenters. The number of imidazole rings is 1. The van der Waals surface area contributed by atoms with E-state index in [0.29, 0.717) is 6.04 Å². The zero-order chi connectivity index (χ0) is 13.4. The van der Waals surface area contributed by atoms with Crippen molar-refractivity contribution in [2.45, 2.75) is 18.9 Å². The first-order valence-electron chi connectivity index (χ1n) is 7.18. The first-order chi connectivity index (χ1) is 9.92. The molecular weight excluding hydrogens is 246 g/mol. The number of hydrogen-bond acceptors (Lipinski definition) is 2. The van der Waals surface area contributed by atoms with Gasteiger partial charge in [-0.2, -0.15) is 0 Å². The highest BCUT2D eigenvalue weighted by Crippen LogP contribution is 2.29. The van der Waals surface area contributed by atoms with Gasteiger partial charge in [0.1, 0.15) is 5.82 Å². The molecule has 0 amide bonds. The lowest BCUT2D eigenvalue weighted by molar-refractivity contribution is 0.613. The molecular formula is C17H17N3. The molecule has 0 radical (unpaired) electrons. The monoisotopic (exact) mass is 263 g/mol. The Balaban J connectivity index is 1.79. The van der Waals surface area contributed by atoms with E-state index >= 15 is 0 Å². The fourth-order valence-electron chi connectivity index (χ4n) is 3.03. The number of fused-ring (bicyclic) bond motifs is 1. The van der Waals surface area contributed by atoms with Gasteiger partial charge in [0.2, 0.25) is 0 Å². The summed E-state index contributed by atoms with van der Waals surface area (Å²) >= 11 is 0. The Morgan fingerprint density at radius 3 is 2.85 bits per heavy atom. The molecule has 0 spiro atoms. The largest absolute Gasteiger partial charge is 0.341 e. The number of aromatic amines is 1. The average molecular weight is 263 g/mol. The van der Waals surface area contributed by atoms with Crippen LogP contribution in [0.15, 0.2) is 48.7 Å². The summed E-state index contributed by atoms with van der Waals surface area (Å²) in [6, 6.07) is 15.3. The van der Waals surface area contributed by atoms with E-state index in [-0.39, 0.29) is 0 Å². The molecule has 2 N–H and O–H groups in total. The van der Waals surface area contributed by atoms with Crippen LogP contribution in [0.4, 0.5) is 0 Å². The van der Waals surface area contributed by atoms with Crippen LogP contribution in [0, 0.1) is 0 Å².